The van der Waals surface area contributed by atoms with Crippen molar-refractivity contribution in [1.82, 2.24) is 10.2 Å². The van der Waals surface area contributed by atoms with E-state index in [9.17, 15) is 18.0 Å². The van der Waals surface area contributed by atoms with Gasteiger partial charge in [0.1, 0.15) is 12.6 Å². The quantitative estimate of drug-likeness (QED) is 0.274. The molecule has 0 aromatic heterocycles. The number of aryl methyl sites for hydroxylation is 1. The van der Waals surface area contributed by atoms with Gasteiger partial charge in [-0.05, 0) is 67.8 Å². The van der Waals surface area contributed by atoms with Crippen LogP contribution in [0.5, 0.6) is 0 Å². The van der Waals surface area contributed by atoms with Gasteiger partial charge in [-0.3, -0.25) is 13.9 Å². The first-order chi connectivity index (χ1) is 18.4. The highest BCUT2D eigenvalue weighted by Crippen LogP contribution is 2.27. The van der Waals surface area contributed by atoms with Gasteiger partial charge in [0.15, 0.2) is 0 Å². The first kappa shape index (κ1) is 30.8. The molecule has 2 amide bonds. The van der Waals surface area contributed by atoms with Crippen LogP contribution in [0.15, 0.2) is 86.6 Å². The van der Waals surface area contributed by atoms with Crippen molar-refractivity contribution in [2.75, 3.05) is 17.4 Å². The van der Waals surface area contributed by atoms with Crippen LogP contribution >= 0.6 is 31.9 Å². The summed E-state index contributed by atoms with van der Waals surface area (Å²) in [6, 6.07) is 19.9. The van der Waals surface area contributed by atoms with Gasteiger partial charge in [0.2, 0.25) is 11.8 Å². The molecule has 0 fully saturated rings. The lowest BCUT2D eigenvalue weighted by Crippen LogP contribution is -2.51. The largest absolute Gasteiger partial charge is 0.354 e. The highest BCUT2D eigenvalue weighted by atomic mass is 79.9. The van der Waals surface area contributed by atoms with Gasteiger partial charge in [-0.25, -0.2) is 8.42 Å². The number of nitrogens with one attached hydrogen (secondary N) is 1. The lowest BCUT2D eigenvalue weighted by Gasteiger charge is -2.32. The maximum Gasteiger partial charge on any atom is 0.264 e. The third kappa shape index (κ3) is 8.40. The summed E-state index contributed by atoms with van der Waals surface area (Å²) in [6.45, 7) is 7.63. The molecule has 7 nitrogen and oxygen atoms in total. The number of benzene rings is 3. The fourth-order valence-corrected chi connectivity index (χ4v) is 5.88. The summed E-state index contributed by atoms with van der Waals surface area (Å²) < 4.78 is 30.3. The molecule has 3 rings (SSSR count). The van der Waals surface area contributed by atoms with Gasteiger partial charge in [0, 0.05) is 22.0 Å². The minimum Gasteiger partial charge on any atom is -0.354 e. The molecular weight excluding hydrogens is 646 g/mol. The average molecular weight is 679 g/mol. The normalized spacial score (nSPS) is 12.2. The zero-order valence-electron chi connectivity index (χ0n) is 22.4. The predicted molar refractivity (Wildman–Crippen MR) is 162 cm³/mol. The van der Waals surface area contributed by atoms with Crippen LogP contribution in [0, 0.1) is 12.8 Å². The van der Waals surface area contributed by atoms with Gasteiger partial charge in [0.25, 0.3) is 10.0 Å². The molecule has 1 N–H and O–H groups in total. The Hall–Kier alpha value is -2.69. The van der Waals surface area contributed by atoms with E-state index in [0.29, 0.717) is 16.7 Å². The lowest BCUT2D eigenvalue weighted by molar-refractivity contribution is -0.139. The minimum atomic E-state index is -4.10. The second-order valence-electron chi connectivity index (χ2n) is 9.77. The summed E-state index contributed by atoms with van der Waals surface area (Å²) in [6.07, 6.45) is 0. The number of nitrogens with zero attached hydrogens (tertiary/aromatic N) is 2. The van der Waals surface area contributed by atoms with E-state index in [-0.39, 0.29) is 23.3 Å². The highest BCUT2D eigenvalue weighted by molar-refractivity contribution is 9.10. The molecule has 10 heteroatoms. The Balaban J connectivity index is 2.01. The molecule has 0 aliphatic heterocycles. The molecule has 208 valence electrons. The lowest BCUT2D eigenvalue weighted by atomic mass is 10.1. The average Bonchev–Trinajstić information content (AvgIpc) is 2.89. The number of carbonyl (C=O) groups is 2. The van der Waals surface area contributed by atoms with Gasteiger partial charge in [-0.1, -0.05) is 81.6 Å². The number of hydrogen-bond donors (Lipinski definition) is 1. The van der Waals surface area contributed by atoms with E-state index < -0.39 is 28.5 Å². The second kappa shape index (κ2) is 13.6. The Morgan fingerprint density at radius 2 is 1.54 bits per heavy atom. The van der Waals surface area contributed by atoms with E-state index in [1.165, 1.54) is 17.0 Å². The molecule has 0 aliphatic carbocycles. The number of anilines is 1. The van der Waals surface area contributed by atoms with Crippen LogP contribution < -0.4 is 9.62 Å². The maximum atomic E-state index is 13.9. The van der Waals surface area contributed by atoms with Crippen molar-refractivity contribution in [2.24, 2.45) is 5.92 Å². The van der Waals surface area contributed by atoms with Crippen molar-refractivity contribution in [3.05, 3.63) is 92.9 Å². The van der Waals surface area contributed by atoms with Gasteiger partial charge in [-0.15, -0.1) is 0 Å². The molecule has 0 aliphatic rings. The van der Waals surface area contributed by atoms with Gasteiger partial charge < -0.3 is 10.2 Å². The van der Waals surface area contributed by atoms with Gasteiger partial charge >= 0.3 is 0 Å². The smallest absolute Gasteiger partial charge is 0.264 e. The monoisotopic (exact) mass is 677 g/mol. The predicted octanol–water partition coefficient (Wildman–Crippen LogP) is 5.90. The van der Waals surface area contributed by atoms with Crippen molar-refractivity contribution in [3.63, 3.8) is 0 Å². The molecule has 0 bridgehead atoms. The molecule has 0 saturated heterocycles. The highest BCUT2D eigenvalue weighted by Gasteiger charge is 2.32. The van der Waals surface area contributed by atoms with Crippen LogP contribution in [-0.2, 0) is 26.2 Å². The summed E-state index contributed by atoms with van der Waals surface area (Å²) in [5.74, 6) is -0.561. The van der Waals surface area contributed by atoms with E-state index >= 15 is 0 Å². The van der Waals surface area contributed by atoms with Crippen molar-refractivity contribution in [2.45, 2.75) is 45.2 Å². The molecule has 3 aromatic carbocycles. The standard InChI is InChI=1S/C29H33Br2N3O4S/c1-20(2)17-32-29(36)22(4)33(18-23-10-12-24(30)13-11-23)28(35)19-34(26-7-5-6-25(31)16-26)39(37,38)27-14-8-21(3)9-15-27/h5-16,20,22H,17-19H2,1-4H3,(H,32,36)/t22-/m0/s1. The maximum absolute atomic E-state index is 13.9. The van der Waals surface area contributed by atoms with E-state index in [4.69, 9.17) is 0 Å². The molecule has 0 radical (unpaired) electrons. The van der Waals surface area contributed by atoms with Crippen LogP contribution in [0.3, 0.4) is 0 Å². The molecule has 3 aromatic rings. The van der Waals surface area contributed by atoms with Crippen LogP contribution in [0.1, 0.15) is 31.9 Å². The SMILES string of the molecule is Cc1ccc(S(=O)(=O)N(CC(=O)N(Cc2ccc(Br)cc2)[C@@H](C)C(=O)NCC(C)C)c2cccc(Br)c2)cc1. The zero-order chi connectivity index (χ0) is 28.7. The van der Waals surface area contributed by atoms with Crippen molar-refractivity contribution >= 4 is 59.4 Å². The molecule has 0 unspecified atom stereocenters. The Labute approximate surface area is 247 Å². The van der Waals surface area contributed by atoms with E-state index in [1.54, 1.807) is 43.3 Å². The fraction of sp³-hybridized carbons (Fsp3) is 0.310. The Bertz CT molecular complexity index is 1390. The topological polar surface area (TPSA) is 86.8 Å². The number of halogens is 2. The summed E-state index contributed by atoms with van der Waals surface area (Å²) in [4.78, 5) is 28.5. The van der Waals surface area contributed by atoms with E-state index in [2.05, 4.69) is 37.2 Å². The van der Waals surface area contributed by atoms with E-state index in [0.717, 1.165) is 19.9 Å². The minimum absolute atomic E-state index is 0.0723. The first-order valence-corrected chi connectivity index (χ1v) is 15.6. The van der Waals surface area contributed by atoms with Crippen molar-refractivity contribution in [1.29, 1.82) is 0 Å². The first-order valence-electron chi connectivity index (χ1n) is 12.5. The molecule has 0 saturated carbocycles. The third-order valence-corrected chi connectivity index (χ3v) is 8.91. The number of hydrogen-bond acceptors (Lipinski definition) is 4. The summed E-state index contributed by atoms with van der Waals surface area (Å²) in [7, 11) is -4.10. The number of carbonyl (C=O) groups excluding carboxylic acids is 2. The fourth-order valence-electron chi connectivity index (χ4n) is 3.82. The van der Waals surface area contributed by atoms with Crippen molar-refractivity contribution < 1.29 is 18.0 Å². The molecule has 39 heavy (non-hydrogen) atoms. The van der Waals surface area contributed by atoms with Crippen LogP contribution in [-0.4, -0.2) is 44.3 Å². The molecule has 0 heterocycles. The number of amides is 2. The second-order valence-corrected chi connectivity index (χ2v) is 13.5. The molecule has 1 atom stereocenters. The molecule has 0 spiro atoms. The Morgan fingerprint density at radius 1 is 0.897 bits per heavy atom. The Morgan fingerprint density at radius 3 is 2.13 bits per heavy atom. The zero-order valence-corrected chi connectivity index (χ0v) is 26.4. The summed E-state index contributed by atoms with van der Waals surface area (Å²) in [5, 5.41) is 2.89. The summed E-state index contributed by atoms with van der Waals surface area (Å²) >= 11 is 6.82. The number of rotatable bonds is 11. The molecular formula is C29H33Br2N3O4S. The van der Waals surface area contributed by atoms with Gasteiger partial charge in [0.05, 0.1) is 10.6 Å². The third-order valence-electron chi connectivity index (χ3n) is 6.10. The Kier molecular flexibility index (Phi) is 10.7. The van der Waals surface area contributed by atoms with Crippen LogP contribution in [0.25, 0.3) is 0 Å². The van der Waals surface area contributed by atoms with Gasteiger partial charge in [-0.2, -0.15) is 0 Å². The number of sulfonamides is 1. The van der Waals surface area contributed by atoms with Crippen LogP contribution in [0.2, 0.25) is 0 Å². The van der Waals surface area contributed by atoms with Crippen LogP contribution in [0.4, 0.5) is 5.69 Å². The summed E-state index contributed by atoms with van der Waals surface area (Å²) in [5.41, 5.74) is 2.06. The van der Waals surface area contributed by atoms with Crippen molar-refractivity contribution in [3.8, 4) is 0 Å². The van der Waals surface area contributed by atoms with E-state index in [1.807, 2.05) is 45.0 Å².